The number of nitrogens with zero attached hydrogens (tertiary/aromatic N) is 1. The lowest BCUT2D eigenvalue weighted by Gasteiger charge is -2.26. The summed E-state index contributed by atoms with van der Waals surface area (Å²) >= 11 is 5.70. The fourth-order valence-electron chi connectivity index (χ4n) is 2.90. The van der Waals surface area contributed by atoms with Crippen LogP contribution in [0.4, 0.5) is 11.4 Å². The van der Waals surface area contributed by atoms with Crippen LogP contribution < -0.4 is 15.0 Å². The third-order valence-corrected chi connectivity index (χ3v) is 4.37. The summed E-state index contributed by atoms with van der Waals surface area (Å²) in [5.74, 6) is 0.807. The molecule has 0 saturated carbocycles. The van der Waals surface area contributed by atoms with Gasteiger partial charge in [0.2, 0.25) is 0 Å². The molecule has 4 heteroatoms. The summed E-state index contributed by atoms with van der Waals surface area (Å²) in [6.45, 7) is 5.47. The maximum atomic E-state index is 5.70. The van der Waals surface area contributed by atoms with Gasteiger partial charge in [0.15, 0.2) is 5.11 Å². The molecule has 1 N–H and O–H groups in total. The van der Waals surface area contributed by atoms with Crippen molar-refractivity contribution in [1.82, 2.24) is 0 Å². The van der Waals surface area contributed by atoms with Crippen molar-refractivity contribution < 1.29 is 4.74 Å². The van der Waals surface area contributed by atoms with E-state index in [1.54, 1.807) is 0 Å². The molecule has 25 heavy (non-hydrogen) atoms. The summed E-state index contributed by atoms with van der Waals surface area (Å²) in [5.41, 5.74) is 1.99. The summed E-state index contributed by atoms with van der Waals surface area (Å²) in [5, 5.41) is 6.39. The third-order valence-electron chi connectivity index (χ3n) is 4.05. The van der Waals surface area contributed by atoms with Gasteiger partial charge < -0.3 is 15.0 Å². The normalized spacial score (nSPS) is 10.5. The highest BCUT2D eigenvalue weighted by molar-refractivity contribution is 7.80. The van der Waals surface area contributed by atoms with Gasteiger partial charge in [-0.1, -0.05) is 48.5 Å². The molecular weight excluding hydrogens is 328 g/mol. The van der Waals surface area contributed by atoms with E-state index in [2.05, 4.69) is 59.6 Å². The molecule has 0 aromatic heterocycles. The SMILES string of the molecule is CCOc1ccccc1NC(=S)N(CC)c1cccc2ccccc12. The molecule has 0 aliphatic heterocycles. The smallest absolute Gasteiger partial charge is 0.178 e. The molecule has 0 fully saturated rings. The van der Waals surface area contributed by atoms with Crippen LogP contribution in [0, 0.1) is 0 Å². The van der Waals surface area contributed by atoms with Crippen molar-refractivity contribution in [3.05, 3.63) is 66.7 Å². The van der Waals surface area contributed by atoms with E-state index in [0.29, 0.717) is 11.7 Å². The van der Waals surface area contributed by atoms with Crippen molar-refractivity contribution in [2.24, 2.45) is 0 Å². The molecule has 0 saturated heterocycles. The Kier molecular flexibility index (Phi) is 5.51. The van der Waals surface area contributed by atoms with E-state index >= 15 is 0 Å². The first kappa shape index (κ1) is 17.2. The molecule has 0 aliphatic rings. The second-order valence-corrected chi connectivity index (χ2v) is 5.99. The summed E-state index contributed by atoms with van der Waals surface area (Å²) in [4.78, 5) is 2.11. The van der Waals surface area contributed by atoms with Crippen LogP contribution in [0.3, 0.4) is 0 Å². The van der Waals surface area contributed by atoms with Crippen molar-refractivity contribution in [2.75, 3.05) is 23.4 Å². The molecule has 0 unspecified atom stereocenters. The lowest BCUT2D eigenvalue weighted by Crippen LogP contribution is -2.34. The van der Waals surface area contributed by atoms with Gasteiger partial charge in [0.25, 0.3) is 0 Å². The number of para-hydroxylation sites is 2. The van der Waals surface area contributed by atoms with Crippen LogP contribution in [-0.2, 0) is 0 Å². The molecule has 0 amide bonds. The zero-order chi connectivity index (χ0) is 17.6. The van der Waals surface area contributed by atoms with Crippen molar-refractivity contribution >= 4 is 39.5 Å². The number of nitrogens with one attached hydrogen (secondary N) is 1. The minimum absolute atomic E-state index is 0.617. The van der Waals surface area contributed by atoms with Crippen LogP contribution >= 0.6 is 12.2 Å². The van der Waals surface area contributed by atoms with Crippen LogP contribution in [0.5, 0.6) is 5.75 Å². The monoisotopic (exact) mass is 350 g/mol. The van der Waals surface area contributed by atoms with Gasteiger partial charge >= 0.3 is 0 Å². The largest absolute Gasteiger partial charge is 0.492 e. The van der Waals surface area contributed by atoms with E-state index in [0.717, 1.165) is 23.7 Å². The number of anilines is 2. The zero-order valence-electron chi connectivity index (χ0n) is 14.5. The van der Waals surface area contributed by atoms with Gasteiger partial charge in [0.1, 0.15) is 5.75 Å². The molecule has 128 valence electrons. The molecule has 0 bridgehead atoms. The van der Waals surface area contributed by atoms with E-state index in [1.807, 2.05) is 31.2 Å². The lowest BCUT2D eigenvalue weighted by molar-refractivity contribution is 0.342. The standard InChI is InChI=1S/C21H22N2OS/c1-3-23(19-14-9-11-16-10-5-6-12-17(16)19)21(25)22-18-13-7-8-15-20(18)24-4-2/h5-15H,3-4H2,1-2H3,(H,22,25). The molecule has 3 rings (SSSR count). The fourth-order valence-corrected chi connectivity index (χ4v) is 3.24. The Morgan fingerprint density at radius 2 is 1.68 bits per heavy atom. The zero-order valence-corrected chi connectivity index (χ0v) is 15.3. The number of ether oxygens (including phenoxy) is 1. The predicted molar refractivity (Wildman–Crippen MR) is 111 cm³/mol. The van der Waals surface area contributed by atoms with Gasteiger partial charge in [-0.25, -0.2) is 0 Å². The highest BCUT2D eigenvalue weighted by Crippen LogP contribution is 2.29. The van der Waals surface area contributed by atoms with E-state index in [9.17, 15) is 0 Å². The van der Waals surface area contributed by atoms with Crippen molar-refractivity contribution in [2.45, 2.75) is 13.8 Å². The Labute approximate surface area is 154 Å². The molecule has 0 aliphatic carbocycles. The van der Waals surface area contributed by atoms with Crippen LogP contribution in [0.2, 0.25) is 0 Å². The van der Waals surface area contributed by atoms with Crippen LogP contribution in [0.1, 0.15) is 13.8 Å². The number of hydrogen-bond donors (Lipinski definition) is 1. The highest BCUT2D eigenvalue weighted by atomic mass is 32.1. The molecule has 0 atom stereocenters. The maximum absolute atomic E-state index is 5.70. The quantitative estimate of drug-likeness (QED) is 0.617. The number of rotatable bonds is 5. The molecule has 3 aromatic carbocycles. The predicted octanol–water partition coefficient (Wildman–Crippen LogP) is 5.46. The molecule has 0 spiro atoms. The first-order valence-electron chi connectivity index (χ1n) is 8.52. The Bertz CT molecular complexity index is 873. The van der Waals surface area contributed by atoms with Crippen LogP contribution in [0.25, 0.3) is 10.8 Å². The lowest BCUT2D eigenvalue weighted by atomic mass is 10.1. The van der Waals surface area contributed by atoms with E-state index in [4.69, 9.17) is 17.0 Å². The minimum atomic E-state index is 0.617. The van der Waals surface area contributed by atoms with Crippen molar-refractivity contribution in [3.63, 3.8) is 0 Å². The van der Waals surface area contributed by atoms with Crippen molar-refractivity contribution in [1.29, 1.82) is 0 Å². The first-order chi connectivity index (χ1) is 12.2. The Morgan fingerprint density at radius 1 is 0.960 bits per heavy atom. The number of hydrogen-bond acceptors (Lipinski definition) is 2. The summed E-state index contributed by atoms with van der Waals surface area (Å²) in [6.07, 6.45) is 0. The maximum Gasteiger partial charge on any atom is 0.178 e. The Hall–Kier alpha value is -2.59. The van der Waals surface area contributed by atoms with Gasteiger partial charge in [-0.3, -0.25) is 0 Å². The second kappa shape index (κ2) is 7.99. The van der Waals surface area contributed by atoms with Gasteiger partial charge in [-0.05, 0) is 49.7 Å². The average Bonchev–Trinajstić information content (AvgIpc) is 2.64. The Balaban J connectivity index is 1.92. The van der Waals surface area contributed by atoms with E-state index < -0.39 is 0 Å². The van der Waals surface area contributed by atoms with Gasteiger partial charge in [0.05, 0.1) is 18.0 Å². The molecule has 0 radical (unpaired) electrons. The van der Waals surface area contributed by atoms with Crippen LogP contribution in [0.15, 0.2) is 66.7 Å². The first-order valence-corrected chi connectivity index (χ1v) is 8.93. The highest BCUT2D eigenvalue weighted by Gasteiger charge is 2.14. The van der Waals surface area contributed by atoms with E-state index in [-0.39, 0.29) is 0 Å². The number of benzene rings is 3. The van der Waals surface area contributed by atoms with Crippen molar-refractivity contribution in [3.8, 4) is 5.75 Å². The van der Waals surface area contributed by atoms with Gasteiger partial charge in [-0.15, -0.1) is 0 Å². The molecule has 0 heterocycles. The fraction of sp³-hybridized carbons (Fsp3) is 0.190. The van der Waals surface area contributed by atoms with Gasteiger partial charge in [-0.2, -0.15) is 0 Å². The molecule has 3 nitrogen and oxygen atoms in total. The third kappa shape index (κ3) is 3.74. The number of fused-ring (bicyclic) bond motifs is 1. The second-order valence-electron chi connectivity index (χ2n) is 5.60. The Morgan fingerprint density at radius 3 is 2.48 bits per heavy atom. The minimum Gasteiger partial charge on any atom is -0.492 e. The average molecular weight is 350 g/mol. The van der Waals surface area contributed by atoms with Gasteiger partial charge in [0, 0.05) is 11.9 Å². The summed E-state index contributed by atoms with van der Waals surface area (Å²) in [6, 6.07) is 22.5. The topological polar surface area (TPSA) is 24.5 Å². The van der Waals surface area contributed by atoms with Crippen LogP contribution in [-0.4, -0.2) is 18.3 Å². The molecule has 3 aromatic rings. The molecular formula is C21H22N2OS. The summed E-state index contributed by atoms with van der Waals surface area (Å²) < 4.78 is 5.69. The summed E-state index contributed by atoms with van der Waals surface area (Å²) in [7, 11) is 0. The number of thiocarbonyl (C=S) groups is 1. The van der Waals surface area contributed by atoms with E-state index in [1.165, 1.54) is 10.8 Å².